The summed E-state index contributed by atoms with van der Waals surface area (Å²) in [5.74, 6) is 0.833. The molecule has 2 unspecified atom stereocenters. The molecule has 3 heteroatoms. The lowest BCUT2D eigenvalue weighted by atomic mass is 9.79. The van der Waals surface area contributed by atoms with E-state index in [-0.39, 0.29) is 5.41 Å². The second kappa shape index (κ2) is 5.81. The van der Waals surface area contributed by atoms with Crippen molar-refractivity contribution >= 4 is 23.2 Å². The Morgan fingerprint density at radius 1 is 1.39 bits per heavy atom. The lowest BCUT2D eigenvalue weighted by Crippen LogP contribution is -2.30. The van der Waals surface area contributed by atoms with Crippen LogP contribution in [-0.4, -0.2) is 6.54 Å². The average Bonchev–Trinajstić information content (AvgIpc) is 2.77. The maximum atomic E-state index is 6.27. The first-order chi connectivity index (χ1) is 8.58. The number of hydrogen-bond donors (Lipinski definition) is 1. The van der Waals surface area contributed by atoms with E-state index in [2.05, 4.69) is 6.92 Å². The highest BCUT2D eigenvalue weighted by Crippen LogP contribution is 2.45. The molecule has 0 aliphatic heterocycles. The van der Waals surface area contributed by atoms with Crippen LogP contribution in [-0.2, 0) is 6.42 Å². The van der Waals surface area contributed by atoms with Gasteiger partial charge in [-0.05, 0) is 61.3 Å². The third-order valence-electron chi connectivity index (χ3n) is 4.40. The Morgan fingerprint density at radius 3 is 2.72 bits per heavy atom. The molecule has 1 aliphatic rings. The Labute approximate surface area is 120 Å². The summed E-state index contributed by atoms with van der Waals surface area (Å²) in [6.07, 6.45) is 6.00. The van der Waals surface area contributed by atoms with Crippen molar-refractivity contribution in [3.05, 3.63) is 33.8 Å². The van der Waals surface area contributed by atoms with Gasteiger partial charge in [-0.15, -0.1) is 0 Å². The van der Waals surface area contributed by atoms with E-state index in [4.69, 9.17) is 28.9 Å². The zero-order valence-corrected chi connectivity index (χ0v) is 12.4. The maximum absolute atomic E-state index is 6.27. The predicted molar refractivity (Wildman–Crippen MR) is 79.3 cm³/mol. The first kappa shape index (κ1) is 14.2. The van der Waals surface area contributed by atoms with Crippen molar-refractivity contribution in [2.75, 3.05) is 6.54 Å². The minimum absolute atomic E-state index is 0.248. The normalized spacial score (nSPS) is 27.7. The number of hydrogen-bond acceptors (Lipinski definition) is 1. The van der Waals surface area contributed by atoms with Crippen LogP contribution in [0.25, 0.3) is 0 Å². The summed E-state index contributed by atoms with van der Waals surface area (Å²) in [5.41, 5.74) is 7.48. The van der Waals surface area contributed by atoms with Gasteiger partial charge in [-0.2, -0.15) is 0 Å². The molecule has 2 N–H and O–H groups in total. The molecule has 0 saturated heterocycles. The zero-order chi connectivity index (χ0) is 13.2. The molecule has 2 atom stereocenters. The summed E-state index contributed by atoms with van der Waals surface area (Å²) in [5, 5.41) is 1.47. The van der Waals surface area contributed by atoms with Crippen molar-refractivity contribution in [1.82, 2.24) is 0 Å². The first-order valence-electron chi connectivity index (χ1n) is 6.72. The van der Waals surface area contributed by atoms with Crippen LogP contribution in [0.3, 0.4) is 0 Å². The maximum Gasteiger partial charge on any atom is 0.0453 e. The molecule has 0 aromatic heterocycles. The van der Waals surface area contributed by atoms with E-state index in [9.17, 15) is 0 Å². The molecule has 100 valence electrons. The predicted octanol–water partition coefficient (Wildman–Crippen LogP) is 4.69. The van der Waals surface area contributed by atoms with Gasteiger partial charge in [0, 0.05) is 10.0 Å². The molecule has 1 aromatic rings. The molecular formula is C15H21Cl2N. The molecule has 0 heterocycles. The largest absolute Gasteiger partial charge is 0.330 e. The second-order valence-electron chi connectivity index (χ2n) is 5.63. The van der Waals surface area contributed by atoms with E-state index >= 15 is 0 Å². The fraction of sp³-hybridized carbons (Fsp3) is 0.600. The number of halogens is 2. The monoisotopic (exact) mass is 285 g/mol. The minimum Gasteiger partial charge on any atom is -0.330 e. The van der Waals surface area contributed by atoms with Crippen molar-refractivity contribution in [3.63, 3.8) is 0 Å². The van der Waals surface area contributed by atoms with Gasteiger partial charge in [0.2, 0.25) is 0 Å². The summed E-state index contributed by atoms with van der Waals surface area (Å²) in [4.78, 5) is 0. The van der Waals surface area contributed by atoms with Crippen LogP contribution in [0, 0.1) is 11.3 Å². The lowest BCUT2D eigenvalue weighted by Gasteiger charge is -2.28. The zero-order valence-electron chi connectivity index (χ0n) is 10.9. The Bertz CT molecular complexity index is 419. The van der Waals surface area contributed by atoms with Gasteiger partial charge in [-0.25, -0.2) is 0 Å². The molecule has 2 rings (SSSR count). The molecule has 1 nitrogen and oxygen atoms in total. The van der Waals surface area contributed by atoms with Crippen molar-refractivity contribution in [2.24, 2.45) is 17.1 Å². The number of rotatable bonds is 4. The summed E-state index contributed by atoms with van der Waals surface area (Å²) in [7, 11) is 0. The van der Waals surface area contributed by atoms with Crippen molar-refractivity contribution in [2.45, 2.75) is 39.0 Å². The van der Waals surface area contributed by atoms with Crippen LogP contribution < -0.4 is 5.73 Å². The van der Waals surface area contributed by atoms with Gasteiger partial charge < -0.3 is 5.73 Å². The van der Waals surface area contributed by atoms with Crippen LogP contribution >= 0.6 is 23.2 Å². The summed E-state index contributed by atoms with van der Waals surface area (Å²) < 4.78 is 0. The highest BCUT2D eigenvalue weighted by molar-refractivity contribution is 6.35. The van der Waals surface area contributed by atoms with E-state index < -0.39 is 0 Å². The second-order valence-corrected chi connectivity index (χ2v) is 6.48. The third-order valence-corrected chi connectivity index (χ3v) is 4.98. The van der Waals surface area contributed by atoms with Crippen LogP contribution in [0.2, 0.25) is 10.0 Å². The molecule has 0 spiro atoms. The summed E-state index contributed by atoms with van der Waals surface area (Å²) in [6.45, 7) is 3.02. The van der Waals surface area contributed by atoms with E-state index in [1.54, 1.807) is 0 Å². The Kier molecular flexibility index (Phi) is 4.58. The van der Waals surface area contributed by atoms with E-state index in [0.717, 1.165) is 23.9 Å². The van der Waals surface area contributed by atoms with Gasteiger partial charge >= 0.3 is 0 Å². The number of nitrogens with two attached hydrogens (primary N) is 1. The topological polar surface area (TPSA) is 26.0 Å². The minimum atomic E-state index is 0.248. The van der Waals surface area contributed by atoms with Crippen LogP contribution in [0.4, 0.5) is 0 Å². The van der Waals surface area contributed by atoms with Crippen LogP contribution in [0.5, 0.6) is 0 Å². The van der Waals surface area contributed by atoms with Gasteiger partial charge in [-0.3, -0.25) is 0 Å². The first-order valence-corrected chi connectivity index (χ1v) is 7.48. The molecule has 1 saturated carbocycles. The molecule has 0 amide bonds. The van der Waals surface area contributed by atoms with E-state index in [0.29, 0.717) is 5.02 Å². The van der Waals surface area contributed by atoms with E-state index in [1.807, 2.05) is 18.2 Å². The van der Waals surface area contributed by atoms with Gasteiger partial charge in [-0.1, -0.05) is 42.6 Å². The number of benzene rings is 1. The highest BCUT2D eigenvalue weighted by atomic mass is 35.5. The Morgan fingerprint density at radius 2 is 2.17 bits per heavy atom. The quantitative estimate of drug-likeness (QED) is 0.853. The Hall–Kier alpha value is -0.240. The van der Waals surface area contributed by atoms with Gasteiger partial charge in [0.05, 0.1) is 0 Å². The van der Waals surface area contributed by atoms with Gasteiger partial charge in [0.25, 0.3) is 0 Å². The summed E-state index contributed by atoms with van der Waals surface area (Å²) >= 11 is 12.2. The van der Waals surface area contributed by atoms with Crippen LogP contribution in [0.1, 0.15) is 38.2 Å². The van der Waals surface area contributed by atoms with Crippen molar-refractivity contribution in [3.8, 4) is 0 Å². The molecule has 0 radical (unpaired) electrons. The third kappa shape index (κ3) is 3.01. The van der Waals surface area contributed by atoms with Crippen LogP contribution in [0.15, 0.2) is 18.2 Å². The standard InChI is InChI=1S/C15H21Cl2N/c1-2-11-5-6-15(8-11,10-18)9-12-3-4-13(16)7-14(12)17/h3-4,7,11H,2,5-6,8-10,18H2,1H3. The fourth-order valence-corrected chi connectivity index (χ4v) is 3.64. The smallest absolute Gasteiger partial charge is 0.0453 e. The van der Waals surface area contributed by atoms with E-state index in [1.165, 1.54) is 31.2 Å². The lowest BCUT2D eigenvalue weighted by molar-refractivity contribution is 0.291. The molecule has 1 fully saturated rings. The molecule has 18 heavy (non-hydrogen) atoms. The Balaban J connectivity index is 2.16. The van der Waals surface area contributed by atoms with Gasteiger partial charge in [0.1, 0.15) is 0 Å². The fourth-order valence-electron chi connectivity index (χ4n) is 3.16. The average molecular weight is 286 g/mol. The molecule has 1 aliphatic carbocycles. The van der Waals surface area contributed by atoms with Crippen molar-refractivity contribution < 1.29 is 0 Å². The molecule has 1 aromatic carbocycles. The van der Waals surface area contributed by atoms with Gasteiger partial charge in [0.15, 0.2) is 0 Å². The molecular weight excluding hydrogens is 265 g/mol. The summed E-state index contributed by atoms with van der Waals surface area (Å²) in [6, 6.07) is 5.79. The molecule has 0 bridgehead atoms. The highest BCUT2D eigenvalue weighted by Gasteiger charge is 2.37. The van der Waals surface area contributed by atoms with Crippen molar-refractivity contribution in [1.29, 1.82) is 0 Å². The SMILES string of the molecule is CCC1CCC(CN)(Cc2ccc(Cl)cc2Cl)C1.